The molecule has 0 aromatic carbocycles. The SMILES string of the molecule is CCC=C(C)C(C)CCC(=O)O. The summed E-state index contributed by atoms with van der Waals surface area (Å²) < 4.78 is 0. The van der Waals surface area contributed by atoms with Gasteiger partial charge in [-0.3, -0.25) is 4.79 Å². The van der Waals surface area contributed by atoms with Crippen LogP contribution in [0.15, 0.2) is 11.6 Å². The van der Waals surface area contributed by atoms with Crippen molar-refractivity contribution in [1.29, 1.82) is 0 Å². The Labute approximate surface area is 74.3 Å². The summed E-state index contributed by atoms with van der Waals surface area (Å²) in [7, 11) is 0. The van der Waals surface area contributed by atoms with Gasteiger partial charge in [0.2, 0.25) is 0 Å². The third kappa shape index (κ3) is 4.94. The fourth-order valence-corrected chi connectivity index (χ4v) is 1.09. The van der Waals surface area contributed by atoms with Crippen LogP contribution in [-0.4, -0.2) is 11.1 Å². The van der Waals surface area contributed by atoms with Crippen LogP contribution >= 0.6 is 0 Å². The van der Waals surface area contributed by atoms with Gasteiger partial charge >= 0.3 is 5.97 Å². The lowest BCUT2D eigenvalue weighted by atomic mass is 9.97. The maximum Gasteiger partial charge on any atom is 0.303 e. The van der Waals surface area contributed by atoms with Crippen molar-refractivity contribution < 1.29 is 9.90 Å². The highest BCUT2D eigenvalue weighted by atomic mass is 16.4. The third-order valence-corrected chi connectivity index (χ3v) is 2.09. The Morgan fingerprint density at radius 2 is 2.17 bits per heavy atom. The molecular formula is C10H18O2. The van der Waals surface area contributed by atoms with Gasteiger partial charge in [0.25, 0.3) is 0 Å². The standard InChI is InChI=1S/C10H18O2/c1-4-5-8(2)9(3)6-7-10(11)12/h5,9H,4,6-7H2,1-3H3,(H,11,12). The van der Waals surface area contributed by atoms with Gasteiger partial charge in [-0.05, 0) is 25.7 Å². The zero-order chi connectivity index (χ0) is 9.56. The second-order valence-corrected chi connectivity index (χ2v) is 3.19. The monoisotopic (exact) mass is 170 g/mol. The molecule has 2 heteroatoms. The van der Waals surface area contributed by atoms with Crippen LogP contribution in [-0.2, 0) is 4.79 Å². The molecule has 2 nitrogen and oxygen atoms in total. The molecule has 0 aromatic rings. The fraction of sp³-hybridized carbons (Fsp3) is 0.700. The first-order valence-corrected chi connectivity index (χ1v) is 4.46. The van der Waals surface area contributed by atoms with E-state index in [-0.39, 0.29) is 6.42 Å². The van der Waals surface area contributed by atoms with Gasteiger partial charge in [0.1, 0.15) is 0 Å². The molecule has 1 unspecified atom stereocenters. The lowest BCUT2D eigenvalue weighted by Gasteiger charge is -2.09. The number of hydrogen-bond donors (Lipinski definition) is 1. The molecule has 0 radical (unpaired) electrons. The molecule has 0 aliphatic rings. The second kappa shape index (κ2) is 5.81. The van der Waals surface area contributed by atoms with E-state index in [9.17, 15) is 4.79 Å². The molecule has 0 saturated carbocycles. The van der Waals surface area contributed by atoms with Crippen LogP contribution < -0.4 is 0 Å². The average molecular weight is 170 g/mol. The number of carboxylic acid groups (broad SMARTS) is 1. The number of hydrogen-bond acceptors (Lipinski definition) is 1. The molecule has 0 spiro atoms. The van der Waals surface area contributed by atoms with Gasteiger partial charge in [0.05, 0.1) is 0 Å². The predicted octanol–water partition coefficient (Wildman–Crippen LogP) is 2.84. The van der Waals surface area contributed by atoms with Gasteiger partial charge in [-0.15, -0.1) is 0 Å². The molecule has 70 valence electrons. The van der Waals surface area contributed by atoms with E-state index in [0.717, 1.165) is 12.8 Å². The van der Waals surface area contributed by atoms with Crippen molar-refractivity contribution in [1.82, 2.24) is 0 Å². The summed E-state index contributed by atoms with van der Waals surface area (Å²) in [6.07, 6.45) is 4.21. The number of aliphatic carboxylic acids is 1. The molecule has 0 amide bonds. The number of rotatable bonds is 5. The number of carbonyl (C=O) groups is 1. The Kier molecular flexibility index (Phi) is 5.43. The van der Waals surface area contributed by atoms with E-state index in [2.05, 4.69) is 26.8 Å². The first kappa shape index (κ1) is 11.2. The summed E-state index contributed by atoms with van der Waals surface area (Å²) in [6, 6.07) is 0. The summed E-state index contributed by atoms with van der Waals surface area (Å²) in [5.41, 5.74) is 1.30. The molecule has 0 aliphatic heterocycles. The zero-order valence-electron chi connectivity index (χ0n) is 8.13. The molecule has 12 heavy (non-hydrogen) atoms. The highest BCUT2D eigenvalue weighted by Gasteiger charge is 2.06. The Morgan fingerprint density at radius 3 is 2.58 bits per heavy atom. The van der Waals surface area contributed by atoms with Crippen LogP contribution in [0.2, 0.25) is 0 Å². The zero-order valence-corrected chi connectivity index (χ0v) is 8.13. The molecule has 0 aliphatic carbocycles. The molecule has 0 aromatic heterocycles. The highest BCUT2D eigenvalue weighted by molar-refractivity contribution is 5.66. The van der Waals surface area contributed by atoms with Gasteiger partial charge in [-0.25, -0.2) is 0 Å². The number of carboxylic acids is 1. The molecule has 0 bridgehead atoms. The van der Waals surface area contributed by atoms with Crippen LogP contribution in [0.4, 0.5) is 0 Å². The quantitative estimate of drug-likeness (QED) is 0.644. The van der Waals surface area contributed by atoms with Crippen molar-refractivity contribution in [3.05, 3.63) is 11.6 Å². The highest BCUT2D eigenvalue weighted by Crippen LogP contribution is 2.16. The summed E-state index contributed by atoms with van der Waals surface area (Å²) in [5.74, 6) is -0.299. The first-order chi connectivity index (χ1) is 5.57. The molecule has 1 N–H and O–H groups in total. The third-order valence-electron chi connectivity index (χ3n) is 2.09. The molecule has 0 heterocycles. The van der Waals surface area contributed by atoms with Gasteiger partial charge in [-0.1, -0.05) is 25.5 Å². The minimum atomic E-state index is -0.703. The van der Waals surface area contributed by atoms with Crippen molar-refractivity contribution in [2.75, 3.05) is 0 Å². The van der Waals surface area contributed by atoms with Crippen LogP contribution in [0.3, 0.4) is 0 Å². The van der Waals surface area contributed by atoms with E-state index in [1.807, 2.05) is 0 Å². The first-order valence-electron chi connectivity index (χ1n) is 4.46. The van der Waals surface area contributed by atoms with E-state index < -0.39 is 5.97 Å². The smallest absolute Gasteiger partial charge is 0.303 e. The van der Waals surface area contributed by atoms with Crippen molar-refractivity contribution >= 4 is 5.97 Å². The van der Waals surface area contributed by atoms with E-state index >= 15 is 0 Å². The molecule has 0 rings (SSSR count). The molecule has 1 atom stereocenters. The number of allylic oxidation sites excluding steroid dienone is 2. The van der Waals surface area contributed by atoms with E-state index in [1.165, 1.54) is 5.57 Å². The largest absolute Gasteiger partial charge is 0.481 e. The van der Waals surface area contributed by atoms with E-state index in [1.54, 1.807) is 0 Å². The lowest BCUT2D eigenvalue weighted by molar-refractivity contribution is -0.137. The maximum atomic E-state index is 10.3. The summed E-state index contributed by atoms with van der Waals surface area (Å²) in [5, 5.41) is 8.45. The van der Waals surface area contributed by atoms with Crippen LogP contribution in [0, 0.1) is 5.92 Å². The predicted molar refractivity (Wildman–Crippen MR) is 50.1 cm³/mol. The maximum absolute atomic E-state index is 10.3. The van der Waals surface area contributed by atoms with Gasteiger partial charge in [0.15, 0.2) is 0 Å². The summed E-state index contributed by atoms with van der Waals surface area (Å²) in [6.45, 7) is 6.23. The second-order valence-electron chi connectivity index (χ2n) is 3.19. The van der Waals surface area contributed by atoms with Crippen molar-refractivity contribution in [3.8, 4) is 0 Å². The Morgan fingerprint density at radius 1 is 1.58 bits per heavy atom. The van der Waals surface area contributed by atoms with Gasteiger partial charge in [-0.2, -0.15) is 0 Å². The van der Waals surface area contributed by atoms with Crippen molar-refractivity contribution in [2.24, 2.45) is 5.92 Å². The minimum Gasteiger partial charge on any atom is -0.481 e. The van der Waals surface area contributed by atoms with Gasteiger partial charge in [0, 0.05) is 6.42 Å². The lowest BCUT2D eigenvalue weighted by Crippen LogP contribution is -2.02. The van der Waals surface area contributed by atoms with Crippen LogP contribution in [0.5, 0.6) is 0 Å². The fourth-order valence-electron chi connectivity index (χ4n) is 1.09. The summed E-state index contributed by atoms with van der Waals surface area (Å²) in [4.78, 5) is 10.3. The van der Waals surface area contributed by atoms with E-state index in [4.69, 9.17) is 5.11 Å². The normalized spacial score (nSPS) is 14.4. The Balaban J connectivity index is 3.78. The Bertz CT molecular complexity index is 171. The summed E-state index contributed by atoms with van der Waals surface area (Å²) >= 11 is 0. The Hall–Kier alpha value is -0.790. The topological polar surface area (TPSA) is 37.3 Å². The van der Waals surface area contributed by atoms with Crippen LogP contribution in [0.25, 0.3) is 0 Å². The molecule has 0 saturated heterocycles. The minimum absolute atomic E-state index is 0.274. The molecule has 0 fully saturated rings. The van der Waals surface area contributed by atoms with E-state index in [0.29, 0.717) is 5.92 Å². The van der Waals surface area contributed by atoms with Crippen LogP contribution in [0.1, 0.15) is 40.0 Å². The van der Waals surface area contributed by atoms with Gasteiger partial charge < -0.3 is 5.11 Å². The molecular weight excluding hydrogens is 152 g/mol. The van der Waals surface area contributed by atoms with Crippen molar-refractivity contribution in [3.63, 3.8) is 0 Å². The van der Waals surface area contributed by atoms with Crippen molar-refractivity contribution in [2.45, 2.75) is 40.0 Å². The average Bonchev–Trinajstić information content (AvgIpc) is 2.00.